The highest BCUT2D eigenvalue weighted by molar-refractivity contribution is 5.73. The number of ether oxygens (including phenoxy) is 3. The summed E-state index contributed by atoms with van der Waals surface area (Å²) >= 11 is 0. The van der Waals surface area contributed by atoms with E-state index in [4.69, 9.17) is 14.2 Å². The second kappa shape index (κ2) is 8.85. The van der Waals surface area contributed by atoms with Crippen LogP contribution in [0.1, 0.15) is 44.1 Å². The number of methoxy groups -OCH3 is 1. The number of hydrogen-bond donors (Lipinski definition) is 0. The molecular formula is C24H29NO4. The molecule has 4 rings (SSSR count). The maximum atomic E-state index is 12.1. The predicted molar refractivity (Wildman–Crippen MR) is 110 cm³/mol. The molecule has 0 amide bonds. The number of aromatic nitrogens is 1. The summed E-state index contributed by atoms with van der Waals surface area (Å²) in [6.45, 7) is 2.66. The van der Waals surface area contributed by atoms with Crippen LogP contribution in [0.4, 0.5) is 0 Å². The Bertz CT molecular complexity index is 815. The van der Waals surface area contributed by atoms with E-state index in [2.05, 4.69) is 17.1 Å². The molecule has 0 N–H and O–H groups in total. The zero-order valence-corrected chi connectivity index (χ0v) is 17.1. The van der Waals surface area contributed by atoms with E-state index in [1.165, 1.54) is 25.5 Å². The molecule has 0 spiro atoms. The Hall–Kier alpha value is -2.56. The van der Waals surface area contributed by atoms with Gasteiger partial charge in [0.15, 0.2) is 0 Å². The van der Waals surface area contributed by atoms with Crippen LogP contribution in [0.2, 0.25) is 0 Å². The Morgan fingerprint density at radius 2 is 2.00 bits per heavy atom. The summed E-state index contributed by atoms with van der Waals surface area (Å²) in [5.41, 5.74) is 1.17. The average Bonchev–Trinajstić information content (AvgIpc) is 3.55. The summed E-state index contributed by atoms with van der Waals surface area (Å²) in [5.74, 6) is 2.55. The quantitative estimate of drug-likeness (QED) is 0.580. The number of hydrogen-bond acceptors (Lipinski definition) is 5. The van der Waals surface area contributed by atoms with Crippen LogP contribution < -0.4 is 9.47 Å². The molecule has 2 aliphatic carbocycles. The van der Waals surface area contributed by atoms with Gasteiger partial charge in [-0.3, -0.25) is 4.79 Å². The van der Waals surface area contributed by atoms with Crippen molar-refractivity contribution in [2.75, 3.05) is 13.7 Å². The lowest BCUT2D eigenvalue weighted by Crippen LogP contribution is -2.37. The summed E-state index contributed by atoms with van der Waals surface area (Å²) < 4.78 is 16.9. The number of carbonyl (C=O) groups is 1. The third kappa shape index (κ3) is 4.89. The largest absolute Gasteiger partial charge is 0.493 e. The summed E-state index contributed by atoms with van der Waals surface area (Å²) in [6, 6.07) is 13.9. The Labute approximate surface area is 172 Å². The van der Waals surface area contributed by atoms with Crippen LogP contribution in [0.15, 0.2) is 48.7 Å². The van der Waals surface area contributed by atoms with E-state index in [9.17, 15) is 4.79 Å². The molecule has 29 heavy (non-hydrogen) atoms. The second-order valence-corrected chi connectivity index (χ2v) is 8.30. The van der Waals surface area contributed by atoms with Crippen LogP contribution in [0.3, 0.4) is 0 Å². The molecule has 0 saturated heterocycles. The minimum atomic E-state index is -0.140. The standard InChI is InChI=1S/C24H29NO4/c1-16(24(26)27-2)23(18-9-10-18)19-6-5-7-20(14-19)28-15-17-12-21(13-17)29-22-8-3-4-11-25-22/h3-8,11,14,16-18,21,23H,9-10,12-13,15H2,1-2H3/t16-,17?,21?,23-/m0/s1. The van der Waals surface area contributed by atoms with Gasteiger partial charge in [0, 0.05) is 12.3 Å². The summed E-state index contributed by atoms with van der Waals surface area (Å²) in [4.78, 5) is 16.3. The summed E-state index contributed by atoms with van der Waals surface area (Å²) in [7, 11) is 1.46. The Morgan fingerprint density at radius 3 is 2.69 bits per heavy atom. The molecular weight excluding hydrogens is 366 g/mol. The van der Waals surface area contributed by atoms with Crippen LogP contribution >= 0.6 is 0 Å². The molecule has 0 radical (unpaired) electrons. The second-order valence-electron chi connectivity index (χ2n) is 8.30. The van der Waals surface area contributed by atoms with Gasteiger partial charge in [-0.15, -0.1) is 0 Å². The van der Waals surface area contributed by atoms with Crippen molar-refractivity contribution in [3.05, 3.63) is 54.2 Å². The van der Waals surface area contributed by atoms with Crippen molar-refractivity contribution in [2.24, 2.45) is 17.8 Å². The fourth-order valence-electron chi connectivity index (χ4n) is 4.28. The van der Waals surface area contributed by atoms with Gasteiger partial charge in [-0.25, -0.2) is 4.98 Å². The lowest BCUT2D eigenvalue weighted by molar-refractivity contribution is -0.145. The molecule has 2 atom stereocenters. The van der Waals surface area contributed by atoms with Gasteiger partial charge in [0.05, 0.1) is 19.6 Å². The van der Waals surface area contributed by atoms with E-state index in [1.54, 1.807) is 6.20 Å². The van der Waals surface area contributed by atoms with Gasteiger partial charge in [0.2, 0.25) is 5.88 Å². The molecule has 154 valence electrons. The van der Waals surface area contributed by atoms with E-state index in [0.29, 0.717) is 24.3 Å². The van der Waals surface area contributed by atoms with E-state index in [-0.39, 0.29) is 23.9 Å². The van der Waals surface area contributed by atoms with Crippen molar-refractivity contribution < 1.29 is 19.0 Å². The highest BCUT2D eigenvalue weighted by Gasteiger charge is 2.39. The van der Waals surface area contributed by atoms with Crippen LogP contribution in [0.25, 0.3) is 0 Å². The SMILES string of the molecule is COC(=O)[C@@H](C)[C@H](c1cccc(OCC2CC(Oc3ccccn3)C2)c1)C1CC1. The molecule has 0 aliphatic heterocycles. The third-order valence-electron chi connectivity index (χ3n) is 6.09. The van der Waals surface area contributed by atoms with Crippen molar-refractivity contribution in [1.29, 1.82) is 0 Å². The lowest BCUT2D eigenvalue weighted by Gasteiger charge is -2.34. The molecule has 1 aromatic carbocycles. The number of esters is 1. The minimum Gasteiger partial charge on any atom is -0.493 e. The smallest absolute Gasteiger partial charge is 0.309 e. The zero-order valence-electron chi connectivity index (χ0n) is 17.1. The fraction of sp³-hybridized carbons (Fsp3) is 0.500. The third-order valence-corrected chi connectivity index (χ3v) is 6.09. The van der Waals surface area contributed by atoms with E-state index < -0.39 is 0 Å². The lowest BCUT2D eigenvalue weighted by atomic mass is 9.82. The molecule has 2 saturated carbocycles. The maximum absolute atomic E-state index is 12.1. The molecule has 1 heterocycles. The average molecular weight is 395 g/mol. The van der Waals surface area contributed by atoms with E-state index in [1.807, 2.05) is 37.3 Å². The normalized spacial score (nSPS) is 22.8. The van der Waals surface area contributed by atoms with E-state index >= 15 is 0 Å². The molecule has 2 fully saturated rings. The van der Waals surface area contributed by atoms with Crippen molar-refractivity contribution in [2.45, 2.75) is 44.6 Å². The number of pyridine rings is 1. The first-order valence-corrected chi connectivity index (χ1v) is 10.5. The number of benzene rings is 1. The van der Waals surface area contributed by atoms with E-state index in [0.717, 1.165) is 18.6 Å². The van der Waals surface area contributed by atoms with Crippen molar-refractivity contribution in [3.8, 4) is 11.6 Å². The first-order chi connectivity index (χ1) is 14.1. The monoisotopic (exact) mass is 395 g/mol. The molecule has 0 bridgehead atoms. The Kier molecular flexibility index (Phi) is 6.02. The van der Waals surface area contributed by atoms with Gasteiger partial charge in [0.1, 0.15) is 11.9 Å². The Balaban J connectivity index is 1.30. The molecule has 1 aromatic heterocycles. The van der Waals surface area contributed by atoms with Gasteiger partial charge in [-0.05, 0) is 67.2 Å². The van der Waals surface area contributed by atoms with Crippen LogP contribution in [0.5, 0.6) is 11.6 Å². The minimum absolute atomic E-state index is 0.137. The van der Waals surface area contributed by atoms with Gasteiger partial charge >= 0.3 is 5.97 Å². The maximum Gasteiger partial charge on any atom is 0.309 e. The first kappa shape index (κ1) is 19.7. The molecule has 5 nitrogen and oxygen atoms in total. The van der Waals surface area contributed by atoms with Crippen molar-refractivity contribution in [3.63, 3.8) is 0 Å². The molecule has 2 aromatic rings. The highest BCUT2D eigenvalue weighted by Crippen LogP contribution is 2.47. The molecule has 5 heteroatoms. The molecule has 0 unspecified atom stereocenters. The number of carbonyl (C=O) groups excluding carboxylic acids is 1. The van der Waals surface area contributed by atoms with Crippen molar-refractivity contribution in [1.82, 2.24) is 4.98 Å². The van der Waals surface area contributed by atoms with Crippen LogP contribution in [-0.2, 0) is 9.53 Å². The molecule has 2 aliphatic rings. The van der Waals surface area contributed by atoms with Gasteiger partial charge in [-0.1, -0.05) is 25.1 Å². The predicted octanol–water partition coefficient (Wildman–Crippen LogP) is 4.62. The summed E-state index contributed by atoms with van der Waals surface area (Å²) in [6.07, 6.45) is 6.30. The van der Waals surface area contributed by atoms with Crippen molar-refractivity contribution >= 4 is 5.97 Å². The zero-order chi connectivity index (χ0) is 20.2. The highest BCUT2D eigenvalue weighted by atomic mass is 16.5. The first-order valence-electron chi connectivity index (χ1n) is 10.5. The van der Waals surface area contributed by atoms with Crippen LogP contribution in [0, 0.1) is 17.8 Å². The van der Waals surface area contributed by atoms with Gasteiger partial charge in [-0.2, -0.15) is 0 Å². The summed E-state index contributed by atoms with van der Waals surface area (Å²) in [5, 5.41) is 0. The van der Waals surface area contributed by atoms with Gasteiger partial charge < -0.3 is 14.2 Å². The Morgan fingerprint density at radius 1 is 1.17 bits per heavy atom. The topological polar surface area (TPSA) is 57.7 Å². The fourth-order valence-corrected chi connectivity index (χ4v) is 4.28. The van der Waals surface area contributed by atoms with Gasteiger partial charge in [0.25, 0.3) is 0 Å². The van der Waals surface area contributed by atoms with Crippen LogP contribution in [-0.4, -0.2) is 30.8 Å². The number of nitrogens with zero attached hydrogens (tertiary/aromatic N) is 1. The number of rotatable bonds is 9.